The fourth-order valence-electron chi connectivity index (χ4n) is 6.34. The minimum absolute atomic E-state index is 0. The predicted octanol–water partition coefficient (Wildman–Crippen LogP) is 7.06. The SMILES string of the molecule is COc1cc2c(cc1OC)CC1(CCCCN1CCC(c1ccccc1)c1ccccc1)CC2.Cl. The van der Waals surface area contributed by atoms with Crippen molar-refractivity contribution in [1.82, 2.24) is 4.90 Å². The third kappa shape index (κ3) is 5.37. The number of benzene rings is 3. The van der Waals surface area contributed by atoms with Gasteiger partial charge >= 0.3 is 0 Å². The molecule has 35 heavy (non-hydrogen) atoms. The van der Waals surface area contributed by atoms with Gasteiger partial charge in [-0.1, -0.05) is 67.1 Å². The van der Waals surface area contributed by atoms with Crippen LogP contribution in [0.2, 0.25) is 0 Å². The number of rotatable bonds is 7. The molecule has 4 heteroatoms. The highest BCUT2D eigenvalue weighted by atomic mass is 35.5. The molecule has 2 aliphatic rings. The third-order valence-corrected chi connectivity index (χ3v) is 8.17. The molecule has 1 spiro atoms. The molecule has 0 bridgehead atoms. The Balaban J connectivity index is 0.00000289. The molecular weight excluding hydrogens is 454 g/mol. The number of ether oxygens (including phenoxy) is 2. The zero-order chi connectivity index (χ0) is 23.4. The quantitative estimate of drug-likeness (QED) is 0.353. The fraction of sp³-hybridized carbons (Fsp3) is 0.419. The summed E-state index contributed by atoms with van der Waals surface area (Å²) in [6.45, 7) is 2.34. The number of piperidine rings is 1. The zero-order valence-corrected chi connectivity index (χ0v) is 21.9. The van der Waals surface area contributed by atoms with Gasteiger partial charge < -0.3 is 9.47 Å². The van der Waals surface area contributed by atoms with Gasteiger partial charge in [0.2, 0.25) is 0 Å². The van der Waals surface area contributed by atoms with E-state index in [9.17, 15) is 0 Å². The van der Waals surface area contributed by atoms with Crippen LogP contribution in [0, 0.1) is 0 Å². The van der Waals surface area contributed by atoms with Crippen molar-refractivity contribution in [2.45, 2.75) is 56.4 Å². The Hall–Kier alpha value is -2.49. The summed E-state index contributed by atoms with van der Waals surface area (Å²) in [5.74, 6) is 2.14. The first kappa shape index (κ1) is 25.6. The second-order valence-electron chi connectivity index (χ2n) is 9.98. The number of hydrogen-bond acceptors (Lipinski definition) is 3. The lowest BCUT2D eigenvalue weighted by molar-refractivity contribution is 0.0320. The Kier molecular flexibility index (Phi) is 8.41. The molecule has 0 radical (unpaired) electrons. The highest BCUT2D eigenvalue weighted by Gasteiger charge is 2.41. The molecule has 1 aliphatic carbocycles. The molecule has 186 valence electrons. The average molecular weight is 492 g/mol. The average Bonchev–Trinajstić information content (AvgIpc) is 2.90. The van der Waals surface area contributed by atoms with Crippen molar-refractivity contribution in [2.75, 3.05) is 27.3 Å². The maximum atomic E-state index is 5.64. The van der Waals surface area contributed by atoms with E-state index in [1.54, 1.807) is 14.2 Å². The largest absolute Gasteiger partial charge is 0.493 e. The van der Waals surface area contributed by atoms with Crippen LogP contribution >= 0.6 is 12.4 Å². The minimum atomic E-state index is 0. The van der Waals surface area contributed by atoms with Gasteiger partial charge in [0.05, 0.1) is 14.2 Å². The maximum Gasteiger partial charge on any atom is 0.161 e. The summed E-state index contributed by atoms with van der Waals surface area (Å²) in [4.78, 5) is 2.84. The molecule has 1 aliphatic heterocycles. The third-order valence-electron chi connectivity index (χ3n) is 8.17. The number of nitrogens with zero attached hydrogens (tertiary/aromatic N) is 1. The van der Waals surface area contributed by atoms with Crippen molar-refractivity contribution in [3.05, 3.63) is 95.1 Å². The number of methoxy groups -OCH3 is 2. The molecule has 0 saturated carbocycles. The molecular formula is C31H38ClNO2. The van der Waals surface area contributed by atoms with Crippen molar-refractivity contribution in [2.24, 2.45) is 0 Å². The molecule has 1 heterocycles. The van der Waals surface area contributed by atoms with Crippen LogP contribution in [0.5, 0.6) is 11.5 Å². The number of fused-ring (bicyclic) bond motifs is 1. The molecule has 3 nitrogen and oxygen atoms in total. The number of hydrogen-bond donors (Lipinski definition) is 0. The smallest absolute Gasteiger partial charge is 0.161 e. The fourth-order valence-corrected chi connectivity index (χ4v) is 6.34. The molecule has 1 unspecified atom stereocenters. The Bertz CT molecular complexity index is 1050. The van der Waals surface area contributed by atoms with Gasteiger partial charge in [0.15, 0.2) is 11.5 Å². The summed E-state index contributed by atoms with van der Waals surface area (Å²) in [6, 6.07) is 26.5. The van der Waals surface area contributed by atoms with Gasteiger partial charge in [-0.25, -0.2) is 0 Å². The molecule has 0 aromatic heterocycles. The van der Waals surface area contributed by atoms with Crippen molar-refractivity contribution in [3.63, 3.8) is 0 Å². The van der Waals surface area contributed by atoms with Crippen LogP contribution in [-0.4, -0.2) is 37.7 Å². The van der Waals surface area contributed by atoms with E-state index in [-0.39, 0.29) is 17.9 Å². The highest BCUT2D eigenvalue weighted by molar-refractivity contribution is 5.85. The Morgan fingerprint density at radius 3 is 2.00 bits per heavy atom. The minimum Gasteiger partial charge on any atom is -0.493 e. The van der Waals surface area contributed by atoms with Crippen molar-refractivity contribution in [3.8, 4) is 11.5 Å². The standard InChI is InChI=1S/C31H37NO2.ClH/c1-33-29-21-26-15-18-31(23-27(26)22-30(29)34-2)17-9-10-19-32(31)20-16-28(24-11-5-3-6-12-24)25-13-7-4-8-14-25;/h3-8,11-14,21-22,28H,9-10,15-20,23H2,1-2H3;1H. The number of likely N-dealkylation sites (tertiary alicyclic amines) is 1. The first-order valence-corrected chi connectivity index (χ1v) is 12.8. The van der Waals surface area contributed by atoms with Crippen molar-refractivity contribution < 1.29 is 9.47 Å². The lowest BCUT2D eigenvalue weighted by Gasteiger charge is -2.50. The van der Waals surface area contributed by atoms with E-state index in [4.69, 9.17) is 9.47 Å². The van der Waals surface area contributed by atoms with E-state index >= 15 is 0 Å². The van der Waals surface area contributed by atoms with Crippen LogP contribution in [0.3, 0.4) is 0 Å². The lowest BCUT2D eigenvalue weighted by atomic mass is 9.72. The van der Waals surface area contributed by atoms with Gasteiger partial charge in [-0.05, 0) is 86.0 Å². The van der Waals surface area contributed by atoms with Crippen LogP contribution in [-0.2, 0) is 12.8 Å². The summed E-state index contributed by atoms with van der Waals surface area (Å²) in [5, 5.41) is 0. The summed E-state index contributed by atoms with van der Waals surface area (Å²) < 4.78 is 11.2. The molecule has 1 atom stereocenters. The first-order valence-electron chi connectivity index (χ1n) is 12.8. The van der Waals surface area contributed by atoms with Crippen molar-refractivity contribution in [1.29, 1.82) is 0 Å². The first-order chi connectivity index (χ1) is 16.7. The van der Waals surface area contributed by atoms with E-state index in [1.165, 1.54) is 54.5 Å². The molecule has 3 aromatic carbocycles. The maximum absolute atomic E-state index is 5.64. The molecule has 5 rings (SSSR count). The van der Waals surface area contributed by atoms with Crippen LogP contribution in [0.4, 0.5) is 0 Å². The topological polar surface area (TPSA) is 21.7 Å². The molecule has 1 fully saturated rings. The zero-order valence-electron chi connectivity index (χ0n) is 21.0. The predicted molar refractivity (Wildman–Crippen MR) is 146 cm³/mol. The van der Waals surface area contributed by atoms with Gasteiger partial charge in [0.1, 0.15) is 0 Å². The van der Waals surface area contributed by atoms with Crippen molar-refractivity contribution >= 4 is 12.4 Å². The second kappa shape index (κ2) is 11.5. The van der Waals surface area contributed by atoms with E-state index in [0.717, 1.165) is 37.3 Å². The van der Waals surface area contributed by atoms with Gasteiger partial charge in [0.25, 0.3) is 0 Å². The lowest BCUT2D eigenvalue weighted by Crippen LogP contribution is -2.55. The van der Waals surface area contributed by atoms with Crippen LogP contribution < -0.4 is 9.47 Å². The van der Waals surface area contributed by atoms with Crippen LogP contribution in [0.25, 0.3) is 0 Å². The van der Waals surface area contributed by atoms with E-state index < -0.39 is 0 Å². The summed E-state index contributed by atoms with van der Waals surface area (Å²) in [6.07, 6.45) is 8.55. The second-order valence-corrected chi connectivity index (χ2v) is 9.98. The molecule has 0 amide bonds. The molecule has 3 aromatic rings. The number of aryl methyl sites for hydroxylation is 1. The van der Waals surface area contributed by atoms with Crippen LogP contribution in [0.15, 0.2) is 72.8 Å². The van der Waals surface area contributed by atoms with Gasteiger partial charge in [-0.2, -0.15) is 0 Å². The Labute approximate surface area is 216 Å². The Morgan fingerprint density at radius 1 is 0.800 bits per heavy atom. The van der Waals surface area contributed by atoms with E-state index in [2.05, 4.69) is 77.7 Å². The Morgan fingerprint density at radius 2 is 1.40 bits per heavy atom. The van der Waals surface area contributed by atoms with Crippen LogP contribution in [0.1, 0.15) is 60.3 Å². The summed E-state index contributed by atoms with van der Waals surface area (Å²) in [5.41, 5.74) is 5.98. The van der Waals surface area contributed by atoms with Gasteiger partial charge in [0, 0.05) is 11.5 Å². The monoisotopic (exact) mass is 491 g/mol. The molecule has 1 saturated heterocycles. The number of halogens is 1. The summed E-state index contributed by atoms with van der Waals surface area (Å²) in [7, 11) is 3.47. The highest BCUT2D eigenvalue weighted by Crippen LogP contribution is 2.43. The van der Waals surface area contributed by atoms with Gasteiger partial charge in [-0.3, -0.25) is 4.90 Å². The van der Waals surface area contributed by atoms with E-state index in [1.807, 2.05) is 0 Å². The summed E-state index contributed by atoms with van der Waals surface area (Å²) >= 11 is 0. The van der Waals surface area contributed by atoms with E-state index in [0.29, 0.717) is 5.92 Å². The molecule has 0 N–H and O–H groups in total. The van der Waals surface area contributed by atoms with Gasteiger partial charge in [-0.15, -0.1) is 12.4 Å². The normalized spacial score (nSPS) is 19.7.